The Morgan fingerprint density at radius 3 is 2.28 bits per heavy atom. The number of rotatable bonds is 10. The highest BCUT2D eigenvalue weighted by molar-refractivity contribution is 8.26. The highest BCUT2D eigenvalue weighted by Crippen LogP contribution is 2.40. The van der Waals surface area contributed by atoms with Crippen molar-refractivity contribution >= 4 is 46.3 Å². The van der Waals surface area contributed by atoms with E-state index in [4.69, 9.17) is 26.4 Å². The summed E-state index contributed by atoms with van der Waals surface area (Å²) in [6, 6.07) is 3.41. The Balaban J connectivity index is 2.17. The molecule has 0 aromatic heterocycles. The Hall–Kier alpha value is -2.06. The number of hydrogen-bond donors (Lipinski definition) is 0. The summed E-state index contributed by atoms with van der Waals surface area (Å²) in [6.45, 7) is 2.15. The van der Waals surface area contributed by atoms with Gasteiger partial charge in [-0.15, -0.1) is 0 Å². The van der Waals surface area contributed by atoms with E-state index in [1.807, 2.05) is 0 Å². The summed E-state index contributed by atoms with van der Waals surface area (Å²) < 4.78 is 16.9. The SMILES string of the molecule is CCCCCCCC(=O)Oc1c(OC)cc(/C=C2\SC(=S)N(C)C2=O)cc1OC. The summed E-state index contributed by atoms with van der Waals surface area (Å²) >= 11 is 6.39. The summed E-state index contributed by atoms with van der Waals surface area (Å²) in [5, 5.41) is 0. The van der Waals surface area contributed by atoms with Crippen LogP contribution in [-0.4, -0.2) is 42.4 Å². The predicted molar refractivity (Wildman–Crippen MR) is 119 cm³/mol. The third-order valence-electron chi connectivity index (χ3n) is 4.47. The summed E-state index contributed by atoms with van der Waals surface area (Å²) in [5.41, 5.74) is 0.687. The number of unbranched alkanes of at least 4 members (excludes halogenated alkanes) is 4. The molecule has 0 radical (unpaired) electrons. The summed E-state index contributed by atoms with van der Waals surface area (Å²) in [7, 11) is 4.63. The van der Waals surface area contributed by atoms with Crippen LogP contribution in [0.1, 0.15) is 51.0 Å². The molecule has 1 aliphatic heterocycles. The number of ether oxygens (including phenoxy) is 3. The fraction of sp³-hybridized carbons (Fsp3) is 0.476. The minimum Gasteiger partial charge on any atom is -0.493 e. The van der Waals surface area contributed by atoms with Gasteiger partial charge >= 0.3 is 5.97 Å². The number of thioether (sulfide) groups is 1. The lowest BCUT2D eigenvalue weighted by molar-refractivity contribution is -0.134. The molecule has 0 bridgehead atoms. The Kier molecular flexibility index (Phi) is 8.98. The maximum Gasteiger partial charge on any atom is 0.311 e. The van der Waals surface area contributed by atoms with Gasteiger partial charge in [-0.1, -0.05) is 56.6 Å². The van der Waals surface area contributed by atoms with Crippen LogP contribution in [0, 0.1) is 0 Å². The van der Waals surface area contributed by atoms with E-state index in [0.29, 0.717) is 32.7 Å². The fourth-order valence-corrected chi connectivity index (χ4v) is 4.00. The van der Waals surface area contributed by atoms with Gasteiger partial charge in [-0.25, -0.2) is 0 Å². The standard InChI is InChI=1S/C21H27NO5S2/c1-5-6-7-8-9-10-18(23)27-19-15(25-3)11-14(12-16(19)26-4)13-17-20(24)22(2)21(28)29-17/h11-13H,5-10H2,1-4H3/b17-13-. The number of amides is 1. The summed E-state index contributed by atoms with van der Waals surface area (Å²) in [4.78, 5) is 26.4. The van der Waals surface area contributed by atoms with Crippen LogP contribution in [0.4, 0.5) is 0 Å². The third kappa shape index (κ3) is 6.21. The van der Waals surface area contributed by atoms with Crippen molar-refractivity contribution in [3.05, 3.63) is 22.6 Å². The van der Waals surface area contributed by atoms with Gasteiger partial charge < -0.3 is 14.2 Å². The molecule has 158 valence electrons. The number of carbonyl (C=O) groups excluding carboxylic acids is 2. The Bertz CT molecular complexity index is 781. The molecule has 1 aromatic rings. The van der Waals surface area contributed by atoms with Gasteiger partial charge in [0.15, 0.2) is 11.5 Å². The van der Waals surface area contributed by atoms with Gasteiger partial charge in [0.1, 0.15) is 4.32 Å². The quantitative estimate of drug-likeness (QED) is 0.171. The third-order valence-corrected chi connectivity index (χ3v) is 5.95. The molecule has 2 rings (SSSR count). The lowest BCUT2D eigenvalue weighted by Gasteiger charge is -2.14. The van der Waals surface area contributed by atoms with E-state index in [0.717, 1.165) is 25.7 Å². The topological polar surface area (TPSA) is 65.1 Å². The maximum atomic E-state index is 12.2. The van der Waals surface area contributed by atoms with E-state index >= 15 is 0 Å². The van der Waals surface area contributed by atoms with Gasteiger partial charge in [0, 0.05) is 13.5 Å². The second kappa shape index (κ2) is 11.2. The first kappa shape index (κ1) is 23.2. The van der Waals surface area contributed by atoms with Crippen LogP contribution in [0.15, 0.2) is 17.0 Å². The maximum absolute atomic E-state index is 12.2. The van der Waals surface area contributed by atoms with E-state index in [1.54, 1.807) is 25.3 Å². The van der Waals surface area contributed by atoms with Crippen molar-refractivity contribution in [1.29, 1.82) is 0 Å². The first-order valence-electron chi connectivity index (χ1n) is 9.59. The van der Waals surface area contributed by atoms with Crippen LogP contribution in [0.5, 0.6) is 17.2 Å². The zero-order chi connectivity index (χ0) is 21.4. The van der Waals surface area contributed by atoms with Crippen LogP contribution < -0.4 is 14.2 Å². The summed E-state index contributed by atoms with van der Waals surface area (Å²) in [5.74, 6) is 0.492. The fourth-order valence-electron chi connectivity index (χ4n) is 2.82. The first-order chi connectivity index (χ1) is 13.9. The van der Waals surface area contributed by atoms with Crippen LogP contribution >= 0.6 is 24.0 Å². The smallest absolute Gasteiger partial charge is 0.311 e. The highest BCUT2D eigenvalue weighted by atomic mass is 32.2. The van der Waals surface area contributed by atoms with Crippen LogP contribution in [-0.2, 0) is 9.59 Å². The zero-order valence-corrected chi connectivity index (χ0v) is 18.9. The number of benzene rings is 1. The number of hydrogen-bond acceptors (Lipinski definition) is 7. The van der Waals surface area contributed by atoms with Gasteiger partial charge in [0.25, 0.3) is 5.91 Å². The number of likely N-dealkylation sites (N-methyl/N-ethyl adjacent to an activating group) is 1. The van der Waals surface area contributed by atoms with Crippen molar-refractivity contribution in [3.8, 4) is 17.2 Å². The van der Waals surface area contributed by atoms with E-state index < -0.39 is 0 Å². The number of esters is 1. The lowest BCUT2D eigenvalue weighted by atomic mass is 10.1. The van der Waals surface area contributed by atoms with Gasteiger partial charge in [0.2, 0.25) is 5.75 Å². The van der Waals surface area contributed by atoms with Crippen molar-refractivity contribution in [3.63, 3.8) is 0 Å². The molecule has 1 aliphatic rings. The van der Waals surface area contributed by atoms with Crippen molar-refractivity contribution in [2.75, 3.05) is 21.3 Å². The Morgan fingerprint density at radius 1 is 1.14 bits per heavy atom. The second-order valence-electron chi connectivity index (χ2n) is 6.63. The van der Waals surface area contributed by atoms with Crippen LogP contribution in [0.25, 0.3) is 6.08 Å². The molecule has 6 nitrogen and oxygen atoms in total. The second-order valence-corrected chi connectivity index (χ2v) is 8.31. The van der Waals surface area contributed by atoms with Gasteiger partial charge in [0.05, 0.1) is 19.1 Å². The Morgan fingerprint density at radius 2 is 1.76 bits per heavy atom. The minimum atomic E-state index is -0.322. The molecular formula is C21H27NO5S2. The number of methoxy groups -OCH3 is 2. The number of nitrogens with zero attached hydrogens (tertiary/aromatic N) is 1. The van der Waals surface area contributed by atoms with Gasteiger partial charge in [-0.2, -0.15) is 0 Å². The molecule has 0 N–H and O–H groups in total. The lowest BCUT2D eigenvalue weighted by Crippen LogP contribution is -2.22. The molecular weight excluding hydrogens is 410 g/mol. The molecule has 1 aromatic carbocycles. The molecule has 0 atom stereocenters. The van der Waals surface area contributed by atoms with Gasteiger partial charge in [-0.05, 0) is 30.2 Å². The molecule has 0 unspecified atom stereocenters. The number of carbonyl (C=O) groups is 2. The molecule has 1 heterocycles. The summed E-state index contributed by atoms with van der Waals surface area (Å²) in [6.07, 6.45) is 7.31. The van der Waals surface area contributed by atoms with Crippen molar-refractivity contribution in [1.82, 2.24) is 4.90 Å². The zero-order valence-electron chi connectivity index (χ0n) is 17.3. The number of thiocarbonyl (C=S) groups is 1. The predicted octanol–water partition coefficient (Wildman–Crippen LogP) is 4.80. The molecule has 1 amide bonds. The molecule has 0 spiro atoms. The molecule has 1 saturated heterocycles. The minimum absolute atomic E-state index is 0.156. The highest BCUT2D eigenvalue weighted by Gasteiger charge is 2.29. The van der Waals surface area contributed by atoms with Crippen LogP contribution in [0.3, 0.4) is 0 Å². The molecule has 8 heteroatoms. The first-order valence-corrected chi connectivity index (χ1v) is 10.8. The largest absolute Gasteiger partial charge is 0.493 e. The van der Waals surface area contributed by atoms with Crippen molar-refractivity contribution in [2.24, 2.45) is 0 Å². The van der Waals surface area contributed by atoms with E-state index in [9.17, 15) is 9.59 Å². The van der Waals surface area contributed by atoms with E-state index in [-0.39, 0.29) is 17.6 Å². The molecule has 29 heavy (non-hydrogen) atoms. The van der Waals surface area contributed by atoms with Crippen molar-refractivity contribution < 1.29 is 23.8 Å². The van der Waals surface area contributed by atoms with Gasteiger partial charge in [-0.3, -0.25) is 14.5 Å². The average molecular weight is 438 g/mol. The van der Waals surface area contributed by atoms with E-state index in [1.165, 1.54) is 37.3 Å². The molecule has 1 fully saturated rings. The molecule has 0 aliphatic carbocycles. The van der Waals surface area contributed by atoms with Crippen molar-refractivity contribution in [2.45, 2.75) is 45.4 Å². The monoisotopic (exact) mass is 437 g/mol. The van der Waals surface area contributed by atoms with E-state index in [2.05, 4.69) is 6.92 Å². The Labute approximate surface area is 181 Å². The normalized spacial score (nSPS) is 15.2. The average Bonchev–Trinajstić information content (AvgIpc) is 2.95. The van der Waals surface area contributed by atoms with Crippen LogP contribution in [0.2, 0.25) is 0 Å². The molecule has 0 saturated carbocycles.